The largest absolute Gasteiger partial charge is 0.495 e. The number of allylic oxidation sites excluding steroid dienone is 1. The molecule has 3 heterocycles. The fourth-order valence-corrected chi connectivity index (χ4v) is 4.17. The first-order valence-electron chi connectivity index (χ1n) is 10.6. The van der Waals surface area contributed by atoms with Crippen LogP contribution in [0.1, 0.15) is 18.5 Å². The molecule has 5 rings (SSSR count). The number of hydrogen-bond acceptors (Lipinski definition) is 6. The third-order valence-electron chi connectivity index (χ3n) is 5.54. The van der Waals surface area contributed by atoms with E-state index in [1.54, 1.807) is 48.5 Å². The number of anilines is 2. The number of nitrogens with zero attached hydrogens (tertiary/aromatic N) is 4. The highest BCUT2D eigenvalue weighted by atomic mass is 35.5. The van der Waals surface area contributed by atoms with Crippen LogP contribution in [0.3, 0.4) is 0 Å². The van der Waals surface area contributed by atoms with Crippen LogP contribution in [0.5, 0.6) is 5.75 Å². The van der Waals surface area contributed by atoms with Crippen molar-refractivity contribution >= 4 is 29.1 Å². The Balaban J connectivity index is 1.59. The van der Waals surface area contributed by atoms with Crippen LogP contribution >= 0.6 is 11.6 Å². The zero-order valence-electron chi connectivity index (χ0n) is 18.5. The molecule has 1 atom stereocenters. The van der Waals surface area contributed by atoms with Gasteiger partial charge in [-0.05, 0) is 42.8 Å². The molecule has 0 unspecified atom stereocenters. The molecule has 8 nitrogen and oxygen atoms in total. The Hall–Kier alpha value is -4.17. The SMILES string of the molecule is COc1ccccc1NC(=O)C1=C(C)Nc2nc(-c3cccc(Cl)c3)nn2[C@@H]1c1cccnc1. The molecule has 1 aliphatic rings. The average molecular weight is 473 g/mol. The predicted octanol–water partition coefficient (Wildman–Crippen LogP) is 4.93. The molecule has 2 aromatic carbocycles. The first kappa shape index (κ1) is 21.7. The van der Waals surface area contributed by atoms with Crippen molar-refractivity contribution in [3.05, 3.63) is 94.9 Å². The third kappa shape index (κ3) is 3.99. The molecule has 0 fully saturated rings. The molecule has 0 aliphatic carbocycles. The number of aromatic nitrogens is 4. The normalized spacial score (nSPS) is 14.9. The summed E-state index contributed by atoms with van der Waals surface area (Å²) in [4.78, 5) is 22.5. The van der Waals surface area contributed by atoms with Gasteiger partial charge in [0.1, 0.15) is 11.8 Å². The second-order valence-corrected chi connectivity index (χ2v) is 8.16. The third-order valence-corrected chi connectivity index (χ3v) is 5.77. The minimum absolute atomic E-state index is 0.284. The molecule has 0 spiro atoms. The minimum atomic E-state index is -0.542. The lowest BCUT2D eigenvalue weighted by Crippen LogP contribution is -2.31. The van der Waals surface area contributed by atoms with Gasteiger partial charge in [-0.15, -0.1) is 5.10 Å². The molecule has 34 heavy (non-hydrogen) atoms. The van der Waals surface area contributed by atoms with E-state index < -0.39 is 6.04 Å². The standard InChI is InChI=1S/C25H21ClN6O2/c1-15-21(24(33)29-19-10-3-4-11-20(19)34-2)22(17-8-6-12-27-14-17)32-25(28-15)30-23(31-32)16-7-5-9-18(26)13-16/h3-14,22H,1-2H3,(H,29,33)(H,28,30,31)/t22-/m1/s1. The Kier molecular flexibility index (Phi) is 5.73. The van der Waals surface area contributed by atoms with Crippen molar-refractivity contribution in [2.75, 3.05) is 17.7 Å². The smallest absolute Gasteiger partial charge is 0.255 e. The molecule has 1 aliphatic heterocycles. The molecule has 1 amide bonds. The van der Waals surface area contributed by atoms with E-state index in [1.807, 2.05) is 43.3 Å². The van der Waals surface area contributed by atoms with Gasteiger partial charge < -0.3 is 15.4 Å². The van der Waals surface area contributed by atoms with E-state index in [1.165, 1.54) is 0 Å². The Bertz CT molecular complexity index is 1400. The quantitative estimate of drug-likeness (QED) is 0.427. The monoisotopic (exact) mass is 472 g/mol. The van der Waals surface area contributed by atoms with Crippen molar-refractivity contribution in [2.24, 2.45) is 0 Å². The number of ether oxygens (including phenoxy) is 1. The molecule has 0 saturated heterocycles. The van der Waals surface area contributed by atoms with Gasteiger partial charge in [-0.2, -0.15) is 4.98 Å². The van der Waals surface area contributed by atoms with E-state index in [0.717, 1.165) is 11.1 Å². The van der Waals surface area contributed by atoms with Crippen molar-refractivity contribution in [3.63, 3.8) is 0 Å². The molecule has 2 N–H and O–H groups in total. The van der Waals surface area contributed by atoms with E-state index >= 15 is 0 Å². The number of carbonyl (C=O) groups excluding carboxylic acids is 1. The molecular weight excluding hydrogens is 452 g/mol. The Morgan fingerprint density at radius 3 is 2.76 bits per heavy atom. The predicted molar refractivity (Wildman–Crippen MR) is 131 cm³/mol. The van der Waals surface area contributed by atoms with Gasteiger partial charge in [0.25, 0.3) is 5.91 Å². The first-order chi connectivity index (χ1) is 16.5. The lowest BCUT2D eigenvalue weighted by molar-refractivity contribution is -0.113. The minimum Gasteiger partial charge on any atom is -0.495 e. The second-order valence-electron chi connectivity index (χ2n) is 7.72. The summed E-state index contributed by atoms with van der Waals surface area (Å²) in [6, 6.07) is 17.8. The molecule has 9 heteroatoms. The fraction of sp³-hybridized carbons (Fsp3) is 0.120. The van der Waals surface area contributed by atoms with E-state index in [0.29, 0.717) is 39.5 Å². The number of hydrogen-bond donors (Lipinski definition) is 2. The zero-order chi connectivity index (χ0) is 23.7. The summed E-state index contributed by atoms with van der Waals surface area (Å²) in [5, 5.41) is 11.5. The number of carbonyl (C=O) groups is 1. The molecule has 0 radical (unpaired) electrons. The Labute approximate surface area is 201 Å². The van der Waals surface area contributed by atoms with Crippen LogP contribution in [0.25, 0.3) is 11.4 Å². The van der Waals surface area contributed by atoms with Crippen LogP contribution < -0.4 is 15.4 Å². The molecular formula is C25H21ClN6O2. The van der Waals surface area contributed by atoms with Gasteiger partial charge in [-0.1, -0.05) is 41.9 Å². The summed E-state index contributed by atoms with van der Waals surface area (Å²) >= 11 is 6.18. The molecule has 4 aromatic rings. The van der Waals surface area contributed by atoms with Gasteiger partial charge in [0.15, 0.2) is 5.82 Å². The van der Waals surface area contributed by atoms with Gasteiger partial charge in [-0.3, -0.25) is 9.78 Å². The lowest BCUT2D eigenvalue weighted by atomic mass is 9.96. The van der Waals surface area contributed by atoms with Crippen LogP contribution in [0.15, 0.2) is 84.3 Å². The number of pyridine rings is 1. The zero-order valence-corrected chi connectivity index (χ0v) is 19.2. The van der Waals surface area contributed by atoms with E-state index in [4.69, 9.17) is 21.4 Å². The van der Waals surface area contributed by atoms with E-state index in [-0.39, 0.29) is 5.91 Å². The second kappa shape index (κ2) is 8.99. The van der Waals surface area contributed by atoms with Crippen LogP contribution in [0.4, 0.5) is 11.6 Å². The number of rotatable bonds is 5. The van der Waals surface area contributed by atoms with Crippen molar-refractivity contribution in [2.45, 2.75) is 13.0 Å². The van der Waals surface area contributed by atoms with Crippen molar-refractivity contribution < 1.29 is 9.53 Å². The van der Waals surface area contributed by atoms with Gasteiger partial charge in [0.05, 0.1) is 18.4 Å². The highest BCUT2D eigenvalue weighted by Gasteiger charge is 2.35. The number of halogens is 1. The number of amides is 1. The van der Waals surface area contributed by atoms with Gasteiger partial charge in [-0.25, -0.2) is 4.68 Å². The van der Waals surface area contributed by atoms with Gasteiger partial charge in [0.2, 0.25) is 5.95 Å². The maximum absolute atomic E-state index is 13.6. The van der Waals surface area contributed by atoms with Crippen LogP contribution in [-0.2, 0) is 4.79 Å². The van der Waals surface area contributed by atoms with Crippen LogP contribution in [-0.4, -0.2) is 32.8 Å². The van der Waals surface area contributed by atoms with Crippen LogP contribution in [0, 0.1) is 0 Å². The Morgan fingerprint density at radius 2 is 2.00 bits per heavy atom. The summed E-state index contributed by atoms with van der Waals surface area (Å²) in [6.07, 6.45) is 3.42. The number of fused-ring (bicyclic) bond motifs is 1. The van der Waals surface area contributed by atoms with Gasteiger partial charge >= 0.3 is 0 Å². The molecule has 2 aromatic heterocycles. The fourth-order valence-electron chi connectivity index (χ4n) is 3.98. The summed E-state index contributed by atoms with van der Waals surface area (Å²) in [6.45, 7) is 1.84. The van der Waals surface area contributed by atoms with Gasteiger partial charge in [0, 0.05) is 28.7 Å². The molecule has 0 bridgehead atoms. The summed E-state index contributed by atoms with van der Waals surface area (Å²) < 4.78 is 7.10. The Morgan fingerprint density at radius 1 is 1.15 bits per heavy atom. The average Bonchev–Trinajstić information content (AvgIpc) is 3.27. The summed E-state index contributed by atoms with van der Waals surface area (Å²) in [5.41, 5.74) is 3.31. The van der Waals surface area contributed by atoms with Crippen LogP contribution in [0.2, 0.25) is 5.02 Å². The number of para-hydroxylation sites is 2. The summed E-state index contributed by atoms with van der Waals surface area (Å²) in [5.74, 6) is 1.31. The van der Waals surface area contributed by atoms with E-state index in [9.17, 15) is 4.79 Å². The number of nitrogens with one attached hydrogen (secondary N) is 2. The molecule has 170 valence electrons. The topological polar surface area (TPSA) is 94.0 Å². The van der Waals surface area contributed by atoms with Crippen molar-refractivity contribution in [1.29, 1.82) is 0 Å². The van der Waals surface area contributed by atoms with E-state index in [2.05, 4.69) is 20.6 Å². The highest BCUT2D eigenvalue weighted by molar-refractivity contribution is 6.30. The van der Waals surface area contributed by atoms with Crippen molar-refractivity contribution in [3.8, 4) is 17.1 Å². The maximum atomic E-state index is 13.6. The summed E-state index contributed by atoms with van der Waals surface area (Å²) in [7, 11) is 1.56. The first-order valence-corrected chi connectivity index (χ1v) is 11.0. The highest BCUT2D eigenvalue weighted by Crippen LogP contribution is 2.37. The maximum Gasteiger partial charge on any atom is 0.255 e. The number of methoxy groups -OCH3 is 1. The lowest BCUT2D eigenvalue weighted by Gasteiger charge is -2.28. The molecule has 0 saturated carbocycles. The van der Waals surface area contributed by atoms with Crippen molar-refractivity contribution in [1.82, 2.24) is 19.7 Å². The number of benzene rings is 2.